The quantitative estimate of drug-likeness (QED) is 0.421. The Kier molecular flexibility index (Phi) is 7.57. The summed E-state index contributed by atoms with van der Waals surface area (Å²) in [6, 6.07) is 25.2. The second kappa shape index (κ2) is 10.8. The lowest BCUT2D eigenvalue weighted by atomic mass is 9.75. The van der Waals surface area contributed by atoms with E-state index in [-0.39, 0.29) is 5.91 Å². The first-order valence-electron chi connectivity index (χ1n) is 10.4. The van der Waals surface area contributed by atoms with Gasteiger partial charge in [-0.05, 0) is 49.6 Å². The highest BCUT2D eigenvalue weighted by atomic mass is 16.2. The Morgan fingerprint density at radius 1 is 1.00 bits per heavy atom. The Hall–Kier alpha value is -3.89. The third-order valence-corrected chi connectivity index (χ3v) is 5.12. The van der Waals surface area contributed by atoms with Crippen LogP contribution in [0.3, 0.4) is 0 Å². The zero-order valence-corrected chi connectivity index (χ0v) is 17.6. The molecule has 0 aliphatic rings. The predicted molar refractivity (Wildman–Crippen MR) is 123 cm³/mol. The number of rotatable bonds is 7. The molecule has 2 aromatic carbocycles. The molecule has 0 saturated carbocycles. The highest BCUT2D eigenvalue weighted by Crippen LogP contribution is 2.32. The fourth-order valence-electron chi connectivity index (χ4n) is 3.37. The van der Waals surface area contributed by atoms with Crippen LogP contribution in [0.4, 0.5) is 5.82 Å². The van der Waals surface area contributed by atoms with Crippen molar-refractivity contribution >= 4 is 11.7 Å². The summed E-state index contributed by atoms with van der Waals surface area (Å²) in [5.41, 5.74) is 1.79. The minimum absolute atomic E-state index is 0.214. The summed E-state index contributed by atoms with van der Waals surface area (Å²) in [5.74, 6) is 6.81. The van der Waals surface area contributed by atoms with Crippen LogP contribution in [0.5, 0.6) is 0 Å². The van der Waals surface area contributed by atoms with Gasteiger partial charge in [-0.15, -0.1) is 0 Å². The number of anilines is 1. The van der Waals surface area contributed by atoms with Crippen molar-refractivity contribution < 1.29 is 4.79 Å². The lowest BCUT2D eigenvalue weighted by molar-refractivity contribution is -0.120. The van der Waals surface area contributed by atoms with Crippen molar-refractivity contribution in [2.24, 2.45) is 0 Å². The monoisotopic (exact) mass is 407 g/mol. The molecule has 0 spiro atoms. The molecule has 0 fully saturated rings. The molecule has 31 heavy (non-hydrogen) atoms. The molecule has 4 heteroatoms. The smallest absolute Gasteiger partial charge is 0.248 e. The van der Waals surface area contributed by atoms with Gasteiger partial charge in [-0.2, -0.15) is 5.26 Å². The van der Waals surface area contributed by atoms with Gasteiger partial charge < -0.3 is 5.32 Å². The van der Waals surface area contributed by atoms with Crippen LogP contribution in [0.15, 0.2) is 79.0 Å². The van der Waals surface area contributed by atoms with E-state index in [0.717, 1.165) is 16.7 Å². The predicted octanol–water partition coefficient (Wildman–Crippen LogP) is 5.40. The number of benzene rings is 2. The van der Waals surface area contributed by atoms with Gasteiger partial charge in [0.1, 0.15) is 11.2 Å². The number of nitrogens with zero attached hydrogens (tertiary/aromatic N) is 2. The van der Waals surface area contributed by atoms with Gasteiger partial charge in [0, 0.05) is 18.2 Å². The topological polar surface area (TPSA) is 65.8 Å². The second-order valence-electron chi connectivity index (χ2n) is 7.42. The van der Waals surface area contributed by atoms with Gasteiger partial charge in [0.2, 0.25) is 5.91 Å². The number of unbranched alkanes of at least 4 members (excludes halogenated alkanes) is 2. The summed E-state index contributed by atoms with van der Waals surface area (Å²) < 4.78 is 0. The maximum atomic E-state index is 13.7. The average molecular weight is 408 g/mol. The van der Waals surface area contributed by atoms with E-state index < -0.39 is 5.41 Å². The molecule has 1 heterocycles. The highest BCUT2D eigenvalue weighted by molar-refractivity contribution is 6.01. The zero-order valence-electron chi connectivity index (χ0n) is 17.6. The van der Waals surface area contributed by atoms with E-state index in [4.69, 9.17) is 5.26 Å². The van der Waals surface area contributed by atoms with E-state index in [0.29, 0.717) is 31.5 Å². The molecule has 0 bridgehead atoms. The van der Waals surface area contributed by atoms with Crippen LogP contribution in [0.25, 0.3) is 0 Å². The van der Waals surface area contributed by atoms with Gasteiger partial charge in [-0.3, -0.25) is 4.79 Å². The Balaban J connectivity index is 2.04. The summed E-state index contributed by atoms with van der Waals surface area (Å²) >= 11 is 0. The SMILES string of the molecule is Cc1ccc(C#CC(CCCCC#N)(C(=O)Nc2ccccn2)c2ccccc2)cc1. The molecular formula is C27H25N3O. The fraction of sp³-hybridized carbons (Fsp3) is 0.222. The van der Waals surface area contributed by atoms with Crippen LogP contribution in [-0.2, 0) is 10.2 Å². The molecule has 3 rings (SSSR count). The highest BCUT2D eigenvalue weighted by Gasteiger charge is 2.38. The van der Waals surface area contributed by atoms with E-state index in [1.165, 1.54) is 0 Å². The van der Waals surface area contributed by atoms with Gasteiger partial charge in [0.05, 0.1) is 6.07 Å². The van der Waals surface area contributed by atoms with E-state index in [1.807, 2.05) is 67.6 Å². The summed E-state index contributed by atoms with van der Waals surface area (Å²) in [4.78, 5) is 17.9. The standard InChI is InChI=1S/C27H25N3O/c1-22-13-15-23(16-14-22)17-19-27(18-7-3-8-20-28,24-10-4-2-5-11-24)26(31)30-25-12-6-9-21-29-25/h2,4-6,9-16,21H,3,7-8,18H2,1H3,(H,29,30,31). The lowest BCUT2D eigenvalue weighted by Gasteiger charge is -2.28. The number of nitriles is 1. The Labute approximate surface area is 184 Å². The molecule has 1 N–H and O–H groups in total. The normalized spacial score (nSPS) is 12.0. The van der Waals surface area contributed by atoms with Crippen LogP contribution in [-0.4, -0.2) is 10.9 Å². The van der Waals surface area contributed by atoms with Crippen LogP contribution in [0.1, 0.15) is 42.4 Å². The maximum Gasteiger partial charge on any atom is 0.248 e. The van der Waals surface area contributed by atoms with Crippen molar-refractivity contribution in [1.29, 1.82) is 5.26 Å². The zero-order chi connectivity index (χ0) is 21.9. The summed E-state index contributed by atoms with van der Waals surface area (Å²) in [6.07, 6.45) is 4.04. The molecule has 1 unspecified atom stereocenters. The number of hydrogen-bond acceptors (Lipinski definition) is 3. The number of aryl methyl sites for hydroxylation is 1. The minimum atomic E-state index is -1.06. The van der Waals surface area contributed by atoms with Crippen molar-refractivity contribution in [2.45, 2.75) is 38.0 Å². The molecule has 0 aliphatic heterocycles. The van der Waals surface area contributed by atoms with Crippen molar-refractivity contribution in [3.63, 3.8) is 0 Å². The molecule has 0 saturated heterocycles. The number of nitrogens with one attached hydrogen (secondary N) is 1. The number of pyridine rings is 1. The number of carbonyl (C=O) groups is 1. The molecule has 3 aromatic rings. The number of hydrogen-bond donors (Lipinski definition) is 1. The van der Waals surface area contributed by atoms with E-state index >= 15 is 0 Å². The fourth-order valence-corrected chi connectivity index (χ4v) is 3.37. The van der Waals surface area contributed by atoms with E-state index in [2.05, 4.69) is 28.2 Å². The molecule has 4 nitrogen and oxygen atoms in total. The largest absolute Gasteiger partial charge is 0.309 e. The Morgan fingerprint density at radius 3 is 2.42 bits per heavy atom. The molecule has 1 amide bonds. The average Bonchev–Trinajstić information content (AvgIpc) is 2.81. The summed E-state index contributed by atoms with van der Waals surface area (Å²) in [5, 5.41) is 11.9. The first kappa shape index (κ1) is 21.8. The first-order valence-corrected chi connectivity index (χ1v) is 10.4. The van der Waals surface area contributed by atoms with Gasteiger partial charge in [0.15, 0.2) is 0 Å². The molecule has 154 valence electrons. The van der Waals surface area contributed by atoms with E-state index in [9.17, 15) is 4.79 Å². The van der Waals surface area contributed by atoms with Crippen molar-refractivity contribution in [1.82, 2.24) is 4.98 Å². The van der Waals surface area contributed by atoms with Crippen molar-refractivity contribution in [2.75, 3.05) is 5.32 Å². The first-order chi connectivity index (χ1) is 15.1. The number of carbonyl (C=O) groups excluding carboxylic acids is 1. The van der Waals surface area contributed by atoms with E-state index in [1.54, 1.807) is 18.3 Å². The van der Waals surface area contributed by atoms with Gasteiger partial charge in [-0.1, -0.05) is 72.4 Å². The number of aromatic nitrogens is 1. The molecular weight excluding hydrogens is 382 g/mol. The third kappa shape index (κ3) is 5.81. The van der Waals surface area contributed by atoms with Gasteiger partial charge in [-0.25, -0.2) is 4.98 Å². The molecule has 0 aliphatic carbocycles. The minimum Gasteiger partial charge on any atom is -0.309 e. The van der Waals surface area contributed by atoms with Crippen LogP contribution < -0.4 is 5.32 Å². The van der Waals surface area contributed by atoms with Crippen LogP contribution in [0.2, 0.25) is 0 Å². The summed E-state index contributed by atoms with van der Waals surface area (Å²) in [6.45, 7) is 2.03. The Bertz CT molecular complexity index is 1090. The van der Waals surface area contributed by atoms with Crippen molar-refractivity contribution in [3.8, 4) is 17.9 Å². The van der Waals surface area contributed by atoms with Gasteiger partial charge >= 0.3 is 0 Å². The van der Waals surface area contributed by atoms with Crippen LogP contribution in [0, 0.1) is 30.1 Å². The summed E-state index contributed by atoms with van der Waals surface area (Å²) in [7, 11) is 0. The third-order valence-electron chi connectivity index (χ3n) is 5.12. The Morgan fingerprint density at radius 2 is 1.74 bits per heavy atom. The second-order valence-corrected chi connectivity index (χ2v) is 7.42. The number of amides is 1. The molecule has 1 aromatic heterocycles. The molecule has 1 atom stereocenters. The van der Waals surface area contributed by atoms with Crippen molar-refractivity contribution in [3.05, 3.63) is 95.7 Å². The maximum absolute atomic E-state index is 13.7. The lowest BCUT2D eigenvalue weighted by Crippen LogP contribution is -2.39. The van der Waals surface area contributed by atoms with Crippen LogP contribution >= 0.6 is 0 Å². The molecule has 0 radical (unpaired) electrons. The van der Waals surface area contributed by atoms with Gasteiger partial charge in [0.25, 0.3) is 0 Å².